The molecule has 4 aromatic rings. The van der Waals surface area contributed by atoms with Crippen molar-refractivity contribution in [3.63, 3.8) is 0 Å². The summed E-state index contributed by atoms with van der Waals surface area (Å²) in [6.45, 7) is 6.64. The molecule has 2 aromatic carbocycles. The van der Waals surface area contributed by atoms with E-state index < -0.39 is 17.3 Å². The fraction of sp³-hybridized carbons (Fsp3) is 0.261. The minimum absolute atomic E-state index is 0.0713. The van der Waals surface area contributed by atoms with E-state index in [0.29, 0.717) is 33.9 Å². The molecule has 0 bridgehead atoms. The third-order valence-electron chi connectivity index (χ3n) is 5.24. The summed E-state index contributed by atoms with van der Waals surface area (Å²) in [4.78, 5) is 34.1. The van der Waals surface area contributed by atoms with Gasteiger partial charge in [-0.2, -0.15) is 0 Å². The quantitative estimate of drug-likeness (QED) is 0.396. The third kappa shape index (κ3) is 4.22. The number of carbonyl (C=O) groups is 1. The minimum Gasteiger partial charge on any atom is -0.422 e. The van der Waals surface area contributed by atoms with E-state index in [1.165, 1.54) is 22.3 Å². The maximum Gasteiger partial charge on any atom is 0.349 e. The summed E-state index contributed by atoms with van der Waals surface area (Å²) in [5.74, 6) is -0.951. The molecule has 0 aliphatic heterocycles. The Bertz CT molecular complexity index is 1300. The van der Waals surface area contributed by atoms with Crippen molar-refractivity contribution in [3.8, 4) is 0 Å². The Labute approximate surface area is 182 Å². The van der Waals surface area contributed by atoms with Crippen molar-refractivity contribution >= 4 is 43.6 Å². The van der Waals surface area contributed by atoms with Crippen molar-refractivity contribution in [1.82, 2.24) is 9.88 Å². The molecule has 4 rings (SSSR count). The molecule has 0 saturated heterocycles. The number of halogens is 1. The van der Waals surface area contributed by atoms with Gasteiger partial charge in [0.15, 0.2) is 5.13 Å². The smallest absolute Gasteiger partial charge is 0.349 e. The Morgan fingerprint density at radius 2 is 1.87 bits per heavy atom. The van der Waals surface area contributed by atoms with Gasteiger partial charge in [0.1, 0.15) is 22.5 Å². The molecule has 0 spiro atoms. The van der Waals surface area contributed by atoms with Crippen LogP contribution < -0.4 is 10.5 Å². The Morgan fingerprint density at radius 3 is 2.61 bits per heavy atom. The van der Waals surface area contributed by atoms with Crippen molar-refractivity contribution in [1.29, 1.82) is 0 Å². The molecule has 31 heavy (non-hydrogen) atoms. The van der Waals surface area contributed by atoms with Crippen molar-refractivity contribution in [2.24, 2.45) is 0 Å². The number of para-hydroxylation sites is 2. The second-order valence-electron chi connectivity index (χ2n) is 7.05. The van der Waals surface area contributed by atoms with Gasteiger partial charge >= 0.3 is 5.63 Å². The zero-order chi connectivity index (χ0) is 22.0. The molecule has 0 fully saturated rings. The van der Waals surface area contributed by atoms with E-state index in [2.05, 4.69) is 9.88 Å². The fourth-order valence-electron chi connectivity index (χ4n) is 3.44. The number of hydrogen-bond acceptors (Lipinski definition) is 6. The Balaban J connectivity index is 1.77. The van der Waals surface area contributed by atoms with Gasteiger partial charge in [0.2, 0.25) is 0 Å². The lowest BCUT2D eigenvalue weighted by molar-refractivity contribution is 0.0980. The largest absolute Gasteiger partial charge is 0.422 e. The van der Waals surface area contributed by atoms with Crippen LogP contribution in [0.3, 0.4) is 0 Å². The molecule has 160 valence electrons. The lowest BCUT2D eigenvalue weighted by Gasteiger charge is -2.24. The van der Waals surface area contributed by atoms with Crippen LogP contribution >= 0.6 is 11.3 Å². The Hall–Kier alpha value is -3.10. The average molecular weight is 440 g/mol. The Morgan fingerprint density at radius 1 is 1.10 bits per heavy atom. The molecule has 0 unspecified atom stereocenters. The molecule has 2 heterocycles. The topological polar surface area (TPSA) is 66.7 Å². The highest BCUT2D eigenvalue weighted by molar-refractivity contribution is 7.22. The predicted molar refractivity (Wildman–Crippen MR) is 122 cm³/mol. The van der Waals surface area contributed by atoms with E-state index in [1.807, 2.05) is 19.9 Å². The summed E-state index contributed by atoms with van der Waals surface area (Å²) in [7, 11) is 0. The summed E-state index contributed by atoms with van der Waals surface area (Å²) in [6, 6.07) is 13.3. The number of hydrogen-bond donors (Lipinski definition) is 0. The van der Waals surface area contributed by atoms with Crippen LogP contribution in [0.5, 0.6) is 0 Å². The van der Waals surface area contributed by atoms with Crippen molar-refractivity contribution in [2.45, 2.75) is 13.8 Å². The van der Waals surface area contributed by atoms with Gasteiger partial charge in [-0.25, -0.2) is 14.2 Å². The van der Waals surface area contributed by atoms with E-state index in [-0.39, 0.29) is 11.1 Å². The molecule has 0 saturated carbocycles. The molecule has 2 aromatic heterocycles. The minimum atomic E-state index is -0.705. The highest BCUT2D eigenvalue weighted by Crippen LogP contribution is 2.31. The maximum atomic E-state index is 14.2. The van der Waals surface area contributed by atoms with E-state index in [1.54, 1.807) is 36.4 Å². The fourth-order valence-corrected chi connectivity index (χ4v) is 4.44. The SMILES string of the molecule is CCN(CC)CCN(C(=O)c1cc2ccccc2oc1=O)c1nc2c(F)cccc2s1. The number of benzene rings is 2. The number of likely N-dealkylation sites (N-methyl/N-ethyl adjacent to an activating group) is 1. The van der Waals surface area contributed by atoms with Crippen LogP contribution in [0.15, 0.2) is 57.7 Å². The molecule has 0 N–H and O–H groups in total. The van der Waals surface area contributed by atoms with Gasteiger partial charge in [0.25, 0.3) is 5.91 Å². The van der Waals surface area contributed by atoms with Gasteiger partial charge in [-0.3, -0.25) is 9.69 Å². The third-order valence-corrected chi connectivity index (χ3v) is 6.28. The van der Waals surface area contributed by atoms with Crippen LogP contribution in [-0.2, 0) is 0 Å². The number of thiazole rings is 1. The highest BCUT2D eigenvalue weighted by atomic mass is 32.1. The molecule has 0 radical (unpaired) electrons. The first-order chi connectivity index (χ1) is 15.0. The van der Waals surface area contributed by atoms with E-state index >= 15 is 0 Å². The summed E-state index contributed by atoms with van der Waals surface area (Å²) in [5.41, 5.74) is -0.142. The van der Waals surface area contributed by atoms with Crippen molar-refractivity contribution in [3.05, 3.63) is 70.3 Å². The van der Waals surface area contributed by atoms with Gasteiger partial charge in [0, 0.05) is 18.5 Å². The second-order valence-corrected chi connectivity index (χ2v) is 8.06. The number of aromatic nitrogens is 1. The first-order valence-electron chi connectivity index (χ1n) is 10.1. The van der Waals surface area contributed by atoms with Crippen LogP contribution in [-0.4, -0.2) is 42.0 Å². The van der Waals surface area contributed by atoms with E-state index in [4.69, 9.17) is 4.42 Å². The zero-order valence-electron chi connectivity index (χ0n) is 17.3. The second kappa shape index (κ2) is 8.95. The van der Waals surface area contributed by atoms with Gasteiger partial charge in [0.05, 0.1) is 4.70 Å². The van der Waals surface area contributed by atoms with Crippen LogP contribution in [0, 0.1) is 5.82 Å². The maximum absolute atomic E-state index is 14.2. The first kappa shape index (κ1) is 21.1. The lowest BCUT2D eigenvalue weighted by atomic mass is 10.1. The summed E-state index contributed by atoms with van der Waals surface area (Å²) < 4.78 is 20.2. The molecule has 6 nitrogen and oxygen atoms in total. The van der Waals surface area contributed by atoms with Gasteiger partial charge < -0.3 is 9.32 Å². The van der Waals surface area contributed by atoms with Gasteiger partial charge in [-0.05, 0) is 37.4 Å². The molecule has 1 amide bonds. The molecule has 0 aliphatic rings. The monoisotopic (exact) mass is 439 g/mol. The van der Waals surface area contributed by atoms with Crippen LogP contribution in [0.25, 0.3) is 21.2 Å². The predicted octanol–water partition coefficient (Wildman–Crippen LogP) is 4.53. The number of amides is 1. The lowest BCUT2D eigenvalue weighted by Crippen LogP contribution is -2.40. The zero-order valence-corrected chi connectivity index (χ0v) is 18.1. The number of rotatable bonds is 7. The van der Waals surface area contributed by atoms with E-state index in [0.717, 1.165) is 13.1 Å². The van der Waals surface area contributed by atoms with Crippen LogP contribution in [0.4, 0.5) is 9.52 Å². The number of carbonyl (C=O) groups excluding carboxylic acids is 1. The van der Waals surface area contributed by atoms with E-state index in [9.17, 15) is 14.0 Å². The van der Waals surface area contributed by atoms with Gasteiger partial charge in [-0.15, -0.1) is 0 Å². The first-order valence-corrected chi connectivity index (χ1v) is 11.0. The van der Waals surface area contributed by atoms with Crippen LogP contribution in [0.2, 0.25) is 0 Å². The normalized spacial score (nSPS) is 11.5. The van der Waals surface area contributed by atoms with Crippen LogP contribution in [0.1, 0.15) is 24.2 Å². The summed E-state index contributed by atoms with van der Waals surface area (Å²) >= 11 is 1.22. The number of nitrogens with zero attached hydrogens (tertiary/aromatic N) is 3. The number of anilines is 1. The molecule has 8 heteroatoms. The molecule has 0 aliphatic carbocycles. The van der Waals surface area contributed by atoms with Crippen molar-refractivity contribution < 1.29 is 13.6 Å². The van der Waals surface area contributed by atoms with Crippen molar-refractivity contribution in [2.75, 3.05) is 31.1 Å². The number of fused-ring (bicyclic) bond motifs is 2. The molecular weight excluding hydrogens is 417 g/mol. The molecular formula is C23H22FN3O3S. The Kier molecular flexibility index (Phi) is 6.11. The van der Waals surface area contributed by atoms with Gasteiger partial charge in [-0.1, -0.05) is 49.4 Å². The highest BCUT2D eigenvalue weighted by Gasteiger charge is 2.25. The average Bonchev–Trinajstić information content (AvgIpc) is 3.21. The summed E-state index contributed by atoms with van der Waals surface area (Å²) in [5, 5.41) is 1.01. The molecule has 0 atom stereocenters. The standard InChI is InChI=1S/C23H22FN3O3S/c1-3-26(4-2)12-13-27(23-25-20-17(24)9-7-11-19(20)31-23)21(28)16-14-15-8-5-6-10-18(15)30-22(16)29/h5-11,14H,3-4,12-13H2,1-2H3. The summed E-state index contributed by atoms with van der Waals surface area (Å²) in [6.07, 6.45) is 0.